The van der Waals surface area contributed by atoms with E-state index in [4.69, 9.17) is 10.5 Å². The number of anilines is 1. The molecule has 0 aromatic heterocycles. The van der Waals surface area contributed by atoms with E-state index in [-0.39, 0.29) is 13.2 Å². The van der Waals surface area contributed by atoms with Gasteiger partial charge in [0.25, 0.3) is 0 Å². The van der Waals surface area contributed by atoms with E-state index >= 15 is 0 Å². The molecule has 0 spiro atoms. The number of amides is 1. The molecule has 112 valence electrons. The molecule has 4 nitrogen and oxygen atoms in total. The zero-order valence-electron chi connectivity index (χ0n) is 11.8. The zero-order valence-corrected chi connectivity index (χ0v) is 13.4. The van der Waals surface area contributed by atoms with Crippen molar-refractivity contribution in [2.24, 2.45) is 0 Å². The first-order chi connectivity index (χ1) is 10.6. The molecule has 2 rings (SSSR count). The summed E-state index contributed by atoms with van der Waals surface area (Å²) in [7, 11) is 0. The maximum Gasteiger partial charge on any atom is 0.408 e. The quantitative estimate of drug-likeness (QED) is 0.653. The maximum atomic E-state index is 11.5. The van der Waals surface area contributed by atoms with Gasteiger partial charge < -0.3 is 15.8 Å². The van der Waals surface area contributed by atoms with Gasteiger partial charge in [-0.1, -0.05) is 58.1 Å². The van der Waals surface area contributed by atoms with Gasteiger partial charge in [-0.25, -0.2) is 4.79 Å². The average Bonchev–Trinajstić information content (AvgIpc) is 2.53. The Kier molecular flexibility index (Phi) is 5.87. The van der Waals surface area contributed by atoms with Crippen molar-refractivity contribution >= 4 is 27.7 Å². The molecule has 0 bridgehead atoms. The van der Waals surface area contributed by atoms with Crippen molar-refractivity contribution in [2.75, 3.05) is 12.3 Å². The first-order valence-corrected chi connectivity index (χ1v) is 7.43. The molecule has 2 aromatic carbocycles. The fourth-order valence-corrected chi connectivity index (χ4v) is 2.03. The molecule has 0 saturated heterocycles. The van der Waals surface area contributed by atoms with Gasteiger partial charge in [0.2, 0.25) is 0 Å². The van der Waals surface area contributed by atoms with Crippen LogP contribution in [0.3, 0.4) is 0 Å². The normalized spacial score (nSPS) is 9.50. The SMILES string of the molecule is Nc1ccc(Br)cc1C#CCNC(=O)OCc1ccccc1. The number of carbonyl (C=O) groups is 1. The van der Waals surface area contributed by atoms with Crippen LogP contribution in [0.2, 0.25) is 0 Å². The van der Waals surface area contributed by atoms with Crippen molar-refractivity contribution in [2.45, 2.75) is 6.61 Å². The maximum absolute atomic E-state index is 11.5. The standard InChI is InChI=1S/C17H15BrN2O2/c18-15-8-9-16(19)14(11-15)7-4-10-20-17(21)22-12-13-5-2-1-3-6-13/h1-3,5-6,8-9,11H,10,12,19H2,(H,20,21). The Hall–Kier alpha value is -2.45. The van der Waals surface area contributed by atoms with E-state index in [1.54, 1.807) is 6.07 Å². The summed E-state index contributed by atoms with van der Waals surface area (Å²) in [6.07, 6.45) is -0.500. The molecule has 0 aliphatic heterocycles. The van der Waals surface area contributed by atoms with E-state index in [1.807, 2.05) is 42.5 Å². The number of carbonyl (C=O) groups excluding carboxylic acids is 1. The fraction of sp³-hybridized carbons (Fsp3) is 0.118. The van der Waals surface area contributed by atoms with Gasteiger partial charge in [0, 0.05) is 15.7 Å². The van der Waals surface area contributed by atoms with Crippen molar-refractivity contribution in [3.05, 3.63) is 64.1 Å². The molecule has 0 atom stereocenters. The molecule has 0 unspecified atom stereocenters. The molecule has 1 amide bonds. The molecular weight excluding hydrogens is 344 g/mol. The molecule has 0 heterocycles. The number of hydrogen-bond acceptors (Lipinski definition) is 3. The second-order valence-electron chi connectivity index (χ2n) is 4.45. The van der Waals surface area contributed by atoms with Crippen LogP contribution in [0.4, 0.5) is 10.5 Å². The number of ether oxygens (including phenoxy) is 1. The van der Waals surface area contributed by atoms with Crippen LogP contribution in [0.5, 0.6) is 0 Å². The molecular formula is C17H15BrN2O2. The summed E-state index contributed by atoms with van der Waals surface area (Å²) < 4.78 is 5.98. The van der Waals surface area contributed by atoms with Crippen LogP contribution in [0.15, 0.2) is 53.0 Å². The van der Waals surface area contributed by atoms with Crippen molar-refractivity contribution in [1.82, 2.24) is 5.32 Å². The Morgan fingerprint density at radius 2 is 2.00 bits per heavy atom. The van der Waals surface area contributed by atoms with Gasteiger partial charge in [0.15, 0.2) is 0 Å². The van der Waals surface area contributed by atoms with Crippen molar-refractivity contribution in [1.29, 1.82) is 0 Å². The van der Waals surface area contributed by atoms with Gasteiger partial charge in [0.05, 0.1) is 6.54 Å². The Balaban J connectivity index is 1.78. The number of nitrogens with one attached hydrogen (secondary N) is 1. The first kappa shape index (κ1) is 15.9. The number of halogens is 1. The minimum absolute atomic E-state index is 0.194. The first-order valence-electron chi connectivity index (χ1n) is 6.63. The van der Waals surface area contributed by atoms with Crippen LogP contribution in [0.25, 0.3) is 0 Å². The smallest absolute Gasteiger partial charge is 0.408 e. The number of benzene rings is 2. The lowest BCUT2D eigenvalue weighted by atomic mass is 10.2. The average molecular weight is 359 g/mol. The summed E-state index contributed by atoms with van der Waals surface area (Å²) in [5.74, 6) is 5.74. The fourth-order valence-electron chi connectivity index (χ4n) is 1.67. The van der Waals surface area contributed by atoms with Crippen LogP contribution in [-0.4, -0.2) is 12.6 Å². The monoisotopic (exact) mass is 358 g/mol. The Morgan fingerprint density at radius 3 is 2.77 bits per heavy atom. The minimum atomic E-state index is -0.500. The summed E-state index contributed by atoms with van der Waals surface area (Å²) in [6, 6.07) is 14.9. The summed E-state index contributed by atoms with van der Waals surface area (Å²) in [5.41, 5.74) is 8.06. The van der Waals surface area contributed by atoms with Gasteiger partial charge >= 0.3 is 6.09 Å². The lowest BCUT2D eigenvalue weighted by Crippen LogP contribution is -2.24. The van der Waals surface area contributed by atoms with E-state index in [1.165, 1.54) is 0 Å². The van der Waals surface area contributed by atoms with Crippen LogP contribution in [0.1, 0.15) is 11.1 Å². The van der Waals surface area contributed by atoms with Crippen LogP contribution in [0, 0.1) is 11.8 Å². The second-order valence-corrected chi connectivity index (χ2v) is 5.36. The molecule has 0 fully saturated rings. The van der Waals surface area contributed by atoms with Gasteiger partial charge in [-0.15, -0.1) is 0 Å². The third-order valence-electron chi connectivity index (χ3n) is 2.77. The molecule has 3 N–H and O–H groups in total. The third-order valence-corrected chi connectivity index (χ3v) is 3.27. The van der Waals surface area contributed by atoms with Crippen LogP contribution in [-0.2, 0) is 11.3 Å². The summed E-state index contributed by atoms with van der Waals surface area (Å²) in [5, 5.41) is 2.57. The Labute approximate surface area is 137 Å². The van der Waals surface area contributed by atoms with Crippen LogP contribution >= 0.6 is 15.9 Å². The zero-order chi connectivity index (χ0) is 15.8. The van der Waals surface area contributed by atoms with Crippen LogP contribution < -0.4 is 11.1 Å². The highest BCUT2D eigenvalue weighted by Gasteiger charge is 2.00. The van der Waals surface area contributed by atoms with E-state index < -0.39 is 6.09 Å². The minimum Gasteiger partial charge on any atom is -0.445 e. The van der Waals surface area contributed by atoms with E-state index in [9.17, 15) is 4.79 Å². The van der Waals surface area contributed by atoms with Crippen molar-refractivity contribution in [3.63, 3.8) is 0 Å². The number of alkyl carbamates (subject to hydrolysis) is 1. The van der Waals surface area contributed by atoms with Gasteiger partial charge in [-0.3, -0.25) is 0 Å². The third kappa shape index (κ3) is 5.15. The molecule has 5 heteroatoms. The lowest BCUT2D eigenvalue weighted by molar-refractivity contribution is 0.141. The van der Waals surface area contributed by atoms with Gasteiger partial charge in [-0.05, 0) is 23.8 Å². The Bertz CT molecular complexity index is 706. The molecule has 0 aliphatic carbocycles. The molecule has 2 aromatic rings. The predicted octanol–water partition coefficient (Wildman–Crippen LogP) is 3.31. The topological polar surface area (TPSA) is 64.3 Å². The largest absolute Gasteiger partial charge is 0.445 e. The van der Waals surface area contributed by atoms with E-state index in [2.05, 4.69) is 33.1 Å². The molecule has 0 radical (unpaired) electrons. The number of nitrogens with two attached hydrogens (primary N) is 1. The molecule has 0 saturated carbocycles. The lowest BCUT2D eigenvalue weighted by Gasteiger charge is -2.04. The number of nitrogen functional groups attached to an aromatic ring is 1. The van der Waals surface area contributed by atoms with Crippen molar-refractivity contribution in [3.8, 4) is 11.8 Å². The highest BCUT2D eigenvalue weighted by molar-refractivity contribution is 9.10. The highest BCUT2D eigenvalue weighted by Crippen LogP contribution is 2.17. The van der Waals surface area contributed by atoms with E-state index in [0.29, 0.717) is 11.3 Å². The number of rotatable bonds is 3. The highest BCUT2D eigenvalue weighted by atomic mass is 79.9. The molecule has 22 heavy (non-hydrogen) atoms. The summed E-state index contributed by atoms with van der Waals surface area (Å²) >= 11 is 3.36. The second kappa shape index (κ2) is 8.11. The molecule has 0 aliphatic rings. The van der Waals surface area contributed by atoms with Gasteiger partial charge in [0.1, 0.15) is 6.61 Å². The van der Waals surface area contributed by atoms with Gasteiger partial charge in [-0.2, -0.15) is 0 Å². The summed E-state index contributed by atoms with van der Waals surface area (Å²) in [4.78, 5) is 11.5. The summed E-state index contributed by atoms with van der Waals surface area (Å²) in [6.45, 7) is 0.429. The van der Waals surface area contributed by atoms with E-state index in [0.717, 1.165) is 10.0 Å². The predicted molar refractivity (Wildman–Crippen MR) is 90.1 cm³/mol. The Morgan fingerprint density at radius 1 is 1.23 bits per heavy atom. The van der Waals surface area contributed by atoms with Crippen molar-refractivity contribution < 1.29 is 9.53 Å². The number of hydrogen-bond donors (Lipinski definition) is 2.